The fourth-order valence-corrected chi connectivity index (χ4v) is 1.70. The van der Waals surface area contributed by atoms with Gasteiger partial charge in [-0.3, -0.25) is 0 Å². The lowest BCUT2D eigenvalue weighted by molar-refractivity contribution is 0.429. The van der Waals surface area contributed by atoms with Crippen molar-refractivity contribution in [2.24, 2.45) is 0 Å². The van der Waals surface area contributed by atoms with Crippen LogP contribution in [-0.4, -0.2) is 28.5 Å². The molecule has 4 nitrogen and oxygen atoms in total. The zero-order chi connectivity index (χ0) is 10.4. The van der Waals surface area contributed by atoms with Crippen molar-refractivity contribution in [2.75, 3.05) is 12.3 Å². The second-order valence-electron chi connectivity index (χ2n) is 3.40. The molecule has 1 N–H and O–H groups in total. The fraction of sp³-hybridized carbons (Fsp3) is 0.778. The summed E-state index contributed by atoms with van der Waals surface area (Å²) in [6, 6.07) is 0.561. The van der Waals surface area contributed by atoms with E-state index in [1.807, 2.05) is 0 Å². The van der Waals surface area contributed by atoms with Gasteiger partial charge in [0.25, 0.3) is 5.22 Å². The highest BCUT2D eigenvalue weighted by atomic mass is 32.2. The van der Waals surface area contributed by atoms with Crippen LogP contribution in [-0.2, 0) is 0 Å². The monoisotopic (exact) mass is 215 g/mol. The number of nitrogens with zero attached hydrogens (tertiary/aromatic N) is 2. The lowest BCUT2D eigenvalue weighted by Gasteiger charge is -2.05. The van der Waals surface area contributed by atoms with Gasteiger partial charge in [0.1, 0.15) is 0 Å². The van der Waals surface area contributed by atoms with Crippen molar-refractivity contribution in [3.05, 3.63) is 5.89 Å². The molecule has 0 aliphatic rings. The van der Waals surface area contributed by atoms with Crippen LogP contribution in [0.25, 0.3) is 0 Å². The van der Waals surface area contributed by atoms with Crippen LogP contribution in [0.15, 0.2) is 9.64 Å². The lowest BCUT2D eigenvalue weighted by Crippen LogP contribution is -2.23. The standard InChI is InChI=1S/C9H17N3OS/c1-7(2)10-5-4-6-14-9-12-11-8(3)13-9/h7,10H,4-6H2,1-3H3. The smallest absolute Gasteiger partial charge is 0.276 e. The van der Waals surface area contributed by atoms with Crippen LogP contribution in [0.4, 0.5) is 0 Å². The Labute approximate surface area is 88.9 Å². The number of hydrogen-bond donors (Lipinski definition) is 1. The minimum atomic E-state index is 0.561. The number of nitrogens with one attached hydrogen (secondary N) is 1. The summed E-state index contributed by atoms with van der Waals surface area (Å²) in [6.45, 7) is 7.14. The molecule has 0 radical (unpaired) electrons. The highest BCUT2D eigenvalue weighted by Crippen LogP contribution is 2.15. The van der Waals surface area contributed by atoms with Crippen molar-refractivity contribution in [3.63, 3.8) is 0 Å². The van der Waals surface area contributed by atoms with E-state index >= 15 is 0 Å². The Hall–Kier alpha value is -0.550. The maximum Gasteiger partial charge on any atom is 0.276 e. The lowest BCUT2D eigenvalue weighted by atomic mass is 10.4. The molecule has 0 amide bonds. The molecule has 1 heterocycles. The van der Waals surface area contributed by atoms with E-state index in [0.717, 1.165) is 18.7 Å². The molecule has 0 fully saturated rings. The molecule has 0 bridgehead atoms. The predicted molar refractivity (Wildman–Crippen MR) is 57.5 cm³/mol. The van der Waals surface area contributed by atoms with E-state index in [9.17, 15) is 0 Å². The average Bonchev–Trinajstić information content (AvgIpc) is 2.50. The summed E-state index contributed by atoms with van der Waals surface area (Å²) in [7, 11) is 0. The van der Waals surface area contributed by atoms with E-state index < -0.39 is 0 Å². The molecule has 0 aromatic carbocycles. The van der Waals surface area contributed by atoms with Crippen LogP contribution in [0.3, 0.4) is 0 Å². The first-order valence-electron chi connectivity index (χ1n) is 4.85. The second-order valence-corrected chi connectivity index (χ2v) is 4.44. The molecule has 0 spiro atoms. The van der Waals surface area contributed by atoms with E-state index in [-0.39, 0.29) is 0 Å². The Morgan fingerprint density at radius 3 is 2.79 bits per heavy atom. The van der Waals surface area contributed by atoms with Crippen molar-refractivity contribution in [1.82, 2.24) is 15.5 Å². The number of aryl methyl sites for hydroxylation is 1. The van der Waals surface area contributed by atoms with Crippen molar-refractivity contribution >= 4 is 11.8 Å². The summed E-state index contributed by atoms with van der Waals surface area (Å²) in [5.74, 6) is 1.65. The van der Waals surface area contributed by atoms with Crippen molar-refractivity contribution in [3.8, 4) is 0 Å². The summed E-state index contributed by atoms with van der Waals surface area (Å²) in [5.41, 5.74) is 0. The Bertz CT molecular complexity index is 262. The van der Waals surface area contributed by atoms with Crippen LogP contribution in [0.2, 0.25) is 0 Å². The van der Waals surface area contributed by atoms with E-state index in [0.29, 0.717) is 17.2 Å². The normalized spacial score (nSPS) is 11.1. The Kier molecular flexibility index (Phi) is 4.97. The van der Waals surface area contributed by atoms with Crippen LogP contribution in [0.5, 0.6) is 0 Å². The Balaban J connectivity index is 2.04. The topological polar surface area (TPSA) is 51.0 Å². The van der Waals surface area contributed by atoms with Gasteiger partial charge in [-0.1, -0.05) is 25.6 Å². The van der Waals surface area contributed by atoms with Gasteiger partial charge in [0, 0.05) is 18.7 Å². The quantitative estimate of drug-likeness (QED) is 0.580. The Morgan fingerprint density at radius 2 is 2.21 bits per heavy atom. The average molecular weight is 215 g/mol. The van der Waals surface area contributed by atoms with Crippen molar-refractivity contribution in [2.45, 2.75) is 38.5 Å². The van der Waals surface area contributed by atoms with Gasteiger partial charge in [0.15, 0.2) is 0 Å². The third kappa shape index (κ3) is 4.62. The second kappa shape index (κ2) is 6.03. The van der Waals surface area contributed by atoms with Gasteiger partial charge in [-0.15, -0.1) is 10.2 Å². The van der Waals surface area contributed by atoms with Gasteiger partial charge in [-0.2, -0.15) is 0 Å². The largest absolute Gasteiger partial charge is 0.416 e. The minimum Gasteiger partial charge on any atom is -0.416 e. The number of aromatic nitrogens is 2. The van der Waals surface area contributed by atoms with Crippen LogP contribution < -0.4 is 5.32 Å². The molecule has 1 aromatic rings. The van der Waals surface area contributed by atoms with Gasteiger partial charge in [-0.25, -0.2) is 0 Å². The van der Waals surface area contributed by atoms with Gasteiger partial charge >= 0.3 is 0 Å². The predicted octanol–water partition coefficient (Wildman–Crippen LogP) is 1.86. The molecule has 0 atom stereocenters. The molecule has 1 aromatic heterocycles. The van der Waals surface area contributed by atoms with Gasteiger partial charge < -0.3 is 9.73 Å². The molecule has 1 rings (SSSR count). The summed E-state index contributed by atoms with van der Waals surface area (Å²) < 4.78 is 5.23. The summed E-state index contributed by atoms with van der Waals surface area (Å²) in [5, 5.41) is 11.7. The number of rotatable bonds is 6. The molecule has 0 aliphatic heterocycles. The fourth-order valence-electron chi connectivity index (χ4n) is 0.959. The molecule has 14 heavy (non-hydrogen) atoms. The zero-order valence-corrected chi connectivity index (χ0v) is 9.73. The SMILES string of the molecule is Cc1nnc(SCCCNC(C)C)o1. The maximum absolute atomic E-state index is 5.23. The highest BCUT2D eigenvalue weighted by molar-refractivity contribution is 7.99. The molecular weight excluding hydrogens is 198 g/mol. The van der Waals surface area contributed by atoms with Crippen molar-refractivity contribution < 1.29 is 4.42 Å². The van der Waals surface area contributed by atoms with E-state index in [4.69, 9.17) is 4.42 Å². The van der Waals surface area contributed by atoms with Gasteiger partial charge in [0.2, 0.25) is 5.89 Å². The molecule has 5 heteroatoms. The van der Waals surface area contributed by atoms with Gasteiger partial charge in [0.05, 0.1) is 0 Å². The molecule has 80 valence electrons. The number of hydrogen-bond acceptors (Lipinski definition) is 5. The maximum atomic E-state index is 5.23. The van der Waals surface area contributed by atoms with Gasteiger partial charge in [-0.05, 0) is 13.0 Å². The summed E-state index contributed by atoms with van der Waals surface area (Å²) in [4.78, 5) is 0. The minimum absolute atomic E-state index is 0.561. The van der Waals surface area contributed by atoms with E-state index in [2.05, 4.69) is 29.4 Å². The third-order valence-electron chi connectivity index (χ3n) is 1.61. The summed E-state index contributed by atoms with van der Waals surface area (Å²) >= 11 is 1.61. The molecule has 0 aliphatic carbocycles. The number of thioether (sulfide) groups is 1. The van der Waals surface area contributed by atoms with Crippen molar-refractivity contribution in [1.29, 1.82) is 0 Å². The third-order valence-corrected chi connectivity index (χ3v) is 2.51. The van der Waals surface area contributed by atoms with Crippen LogP contribution in [0.1, 0.15) is 26.2 Å². The first-order valence-corrected chi connectivity index (χ1v) is 5.83. The molecule has 0 unspecified atom stereocenters. The molecule has 0 saturated carbocycles. The Morgan fingerprint density at radius 1 is 1.43 bits per heavy atom. The zero-order valence-electron chi connectivity index (χ0n) is 8.91. The molecule has 0 saturated heterocycles. The van der Waals surface area contributed by atoms with E-state index in [1.54, 1.807) is 18.7 Å². The highest BCUT2D eigenvalue weighted by Gasteiger charge is 2.01. The van der Waals surface area contributed by atoms with Crippen LogP contribution >= 0.6 is 11.8 Å². The first kappa shape index (κ1) is 11.5. The molecular formula is C9H17N3OS. The summed E-state index contributed by atoms with van der Waals surface area (Å²) in [6.07, 6.45) is 1.12. The van der Waals surface area contributed by atoms with E-state index in [1.165, 1.54) is 0 Å². The first-order chi connectivity index (χ1) is 6.68. The van der Waals surface area contributed by atoms with Crippen LogP contribution in [0, 0.1) is 6.92 Å².